The number of fused-ring (bicyclic) bond motifs is 1. The topological polar surface area (TPSA) is 94.5 Å². The zero-order valence-corrected chi connectivity index (χ0v) is 21.9. The second kappa shape index (κ2) is 9.28. The van der Waals surface area contributed by atoms with Gasteiger partial charge in [-0.3, -0.25) is 9.88 Å². The highest BCUT2D eigenvalue weighted by Crippen LogP contribution is 2.32. The number of rotatable bonds is 5. The van der Waals surface area contributed by atoms with E-state index in [2.05, 4.69) is 63.9 Å². The summed E-state index contributed by atoms with van der Waals surface area (Å²) in [6, 6.07) is 14.7. The molecule has 2 atom stereocenters. The van der Waals surface area contributed by atoms with Gasteiger partial charge in [0.15, 0.2) is 7.85 Å². The lowest BCUT2D eigenvalue weighted by atomic mass is 9.91. The molecule has 3 saturated heterocycles. The van der Waals surface area contributed by atoms with Crippen LogP contribution >= 0.6 is 0 Å². The molecule has 190 valence electrons. The highest BCUT2D eigenvalue weighted by atomic mass is 16.5. The molecule has 9 heteroatoms. The first kappa shape index (κ1) is 24.2. The largest absolute Gasteiger partial charge is 0.370 e. The molecular weight excluding hydrogens is 461 g/mol. The number of benzene rings is 1. The van der Waals surface area contributed by atoms with Crippen LogP contribution in [0.15, 0.2) is 42.6 Å². The molecule has 0 bridgehead atoms. The van der Waals surface area contributed by atoms with Crippen molar-refractivity contribution in [2.24, 2.45) is 5.73 Å². The van der Waals surface area contributed by atoms with E-state index in [4.69, 9.17) is 15.5 Å². The van der Waals surface area contributed by atoms with Crippen LogP contribution in [0.25, 0.3) is 10.9 Å². The molecule has 6 rings (SSSR count). The van der Waals surface area contributed by atoms with Crippen molar-refractivity contribution >= 4 is 35.8 Å². The maximum atomic E-state index is 9.58. The van der Waals surface area contributed by atoms with Crippen molar-refractivity contribution < 1.29 is 4.74 Å². The highest BCUT2D eigenvalue weighted by Gasteiger charge is 2.36. The number of anilines is 2. The first-order valence-electron chi connectivity index (χ1n) is 13.2. The number of aromatic nitrogens is 2. The Balaban J connectivity index is 1.09. The Morgan fingerprint density at radius 2 is 1.92 bits per heavy atom. The van der Waals surface area contributed by atoms with Crippen LogP contribution in [0.1, 0.15) is 30.9 Å². The molecule has 0 aliphatic carbocycles. The van der Waals surface area contributed by atoms with Crippen LogP contribution in [-0.2, 0) is 4.74 Å². The number of pyridine rings is 2. The van der Waals surface area contributed by atoms with Crippen LogP contribution in [0.2, 0.25) is 0 Å². The zero-order chi connectivity index (χ0) is 25.7. The van der Waals surface area contributed by atoms with Crippen molar-refractivity contribution in [3.8, 4) is 6.07 Å². The standard InChI is InChI=1S/C28H34BN7O/c1-18-11-35(24-6-3-19(9-30)27-23(24)5-7-25(29)33-27)15-22(37-18)14-34-12-21(13-34)20-4-8-26(32-10-20)36-16-28(2,31)17-36/h3-8,10,18,21-22H,11-17,29,31H2,1-2H3/t18-,22+/m1/s1. The van der Waals surface area contributed by atoms with Gasteiger partial charge in [0.25, 0.3) is 0 Å². The SMILES string of the molecule is Bc1ccc2c(N3C[C@H](CN4CC(c5ccc(N6CC(C)(N)C6)nc5)C4)O[C@H](C)C3)ccc(C#N)c2n1. The van der Waals surface area contributed by atoms with Gasteiger partial charge in [-0.25, -0.2) is 4.98 Å². The molecule has 2 N–H and O–H groups in total. The Morgan fingerprint density at radius 1 is 1.11 bits per heavy atom. The number of morpholine rings is 1. The summed E-state index contributed by atoms with van der Waals surface area (Å²) in [5.74, 6) is 1.54. The second-order valence-electron chi connectivity index (χ2n) is 11.4. The minimum Gasteiger partial charge on any atom is -0.370 e. The fourth-order valence-corrected chi connectivity index (χ4v) is 6.04. The van der Waals surface area contributed by atoms with E-state index in [-0.39, 0.29) is 17.7 Å². The van der Waals surface area contributed by atoms with Crippen molar-refractivity contribution in [1.29, 1.82) is 5.26 Å². The van der Waals surface area contributed by atoms with E-state index >= 15 is 0 Å². The fraction of sp³-hybridized carbons (Fsp3) is 0.464. The summed E-state index contributed by atoms with van der Waals surface area (Å²) < 4.78 is 6.36. The van der Waals surface area contributed by atoms with Gasteiger partial charge in [0.2, 0.25) is 0 Å². The van der Waals surface area contributed by atoms with Gasteiger partial charge < -0.3 is 20.3 Å². The lowest BCUT2D eigenvalue weighted by Crippen LogP contribution is -2.65. The number of ether oxygens (including phenoxy) is 1. The minimum atomic E-state index is -0.0911. The molecule has 0 amide bonds. The average Bonchev–Trinajstić information content (AvgIpc) is 2.83. The van der Waals surface area contributed by atoms with Crippen molar-refractivity contribution in [1.82, 2.24) is 14.9 Å². The Bertz CT molecular complexity index is 1340. The van der Waals surface area contributed by atoms with Gasteiger partial charge >= 0.3 is 0 Å². The number of nitriles is 1. The van der Waals surface area contributed by atoms with Gasteiger partial charge in [0.1, 0.15) is 11.9 Å². The lowest BCUT2D eigenvalue weighted by molar-refractivity contribution is -0.0435. The molecule has 0 unspecified atom stereocenters. The third kappa shape index (κ3) is 4.77. The molecule has 37 heavy (non-hydrogen) atoms. The van der Waals surface area contributed by atoms with Crippen LogP contribution < -0.4 is 21.1 Å². The molecular formula is C28H34BN7O. The summed E-state index contributed by atoms with van der Waals surface area (Å²) in [6.07, 6.45) is 2.30. The quantitative estimate of drug-likeness (QED) is 0.524. The van der Waals surface area contributed by atoms with E-state index < -0.39 is 0 Å². The van der Waals surface area contributed by atoms with E-state index in [0.29, 0.717) is 11.5 Å². The molecule has 5 heterocycles. The smallest absolute Gasteiger partial charge is 0.163 e. The van der Waals surface area contributed by atoms with Gasteiger partial charge in [-0.2, -0.15) is 5.26 Å². The van der Waals surface area contributed by atoms with Gasteiger partial charge in [-0.15, -0.1) is 0 Å². The normalized spacial score (nSPS) is 23.9. The second-order valence-corrected chi connectivity index (χ2v) is 11.4. The Morgan fingerprint density at radius 3 is 2.62 bits per heavy atom. The molecule has 0 radical (unpaired) electrons. The third-order valence-corrected chi connectivity index (χ3v) is 7.85. The first-order valence-corrected chi connectivity index (χ1v) is 13.2. The summed E-state index contributed by atoms with van der Waals surface area (Å²) in [5, 5.41) is 10.6. The molecule has 0 saturated carbocycles. The van der Waals surface area contributed by atoms with E-state index in [9.17, 15) is 5.26 Å². The van der Waals surface area contributed by atoms with Gasteiger partial charge in [0.05, 0.1) is 23.3 Å². The molecule has 3 aliphatic rings. The van der Waals surface area contributed by atoms with Crippen molar-refractivity contribution in [2.45, 2.75) is 37.5 Å². The molecule has 0 spiro atoms. The summed E-state index contributed by atoms with van der Waals surface area (Å²) >= 11 is 0. The predicted octanol–water partition coefficient (Wildman–Crippen LogP) is 0.990. The summed E-state index contributed by atoms with van der Waals surface area (Å²) in [5.41, 5.74) is 10.8. The molecule has 3 aromatic rings. The molecule has 3 fully saturated rings. The van der Waals surface area contributed by atoms with Crippen molar-refractivity contribution in [2.75, 3.05) is 55.6 Å². The molecule has 3 aliphatic heterocycles. The van der Waals surface area contributed by atoms with E-state index in [1.54, 1.807) is 0 Å². The van der Waals surface area contributed by atoms with E-state index in [1.165, 1.54) is 5.56 Å². The predicted molar refractivity (Wildman–Crippen MR) is 149 cm³/mol. The van der Waals surface area contributed by atoms with Crippen LogP contribution in [-0.4, -0.2) is 86.3 Å². The van der Waals surface area contributed by atoms with Crippen LogP contribution in [0.4, 0.5) is 11.5 Å². The number of likely N-dealkylation sites (tertiary alicyclic amines) is 1. The van der Waals surface area contributed by atoms with Gasteiger partial charge in [-0.05, 0) is 49.3 Å². The van der Waals surface area contributed by atoms with Gasteiger partial charge in [0, 0.05) is 74.5 Å². The van der Waals surface area contributed by atoms with Gasteiger partial charge in [-0.1, -0.05) is 12.1 Å². The Labute approximate surface area is 219 Å². The maximum Gasteiger partial charge on any atom is 0.163 e. The number of nitrogens with two attached hydrogens (primary N) is 1. The van der Waals surface area contributed by atoms with Crippen molar-refractivity contribution in [3.05, 3.63) is 53.7 Å². The maximum absolute atomic E-state index is 9.58. The summed E-state index contributed by atoms with van der Waals surface area (Å²) in [6.45, 7) is 10.6. The highest BCUT2D eigenvalue weighted by molar-refractivity contribution is 6.31. The Hall–Kier alpha value is -3.19. The average molecular weight is 495 g/mol. The summed E-state index contributed by atoms with van der Waals surface area (Å²) in [7, 11) is 1.97. The molecule has 1 aromatic carbocycles. The Kier molecular flexibility index (Phi) is 6.06. The van der Waals surface area contributed by atoms with E-state index in [0.717, 1.165) is 73.8 Å². The minimum absolute atomic E-state index is 0.0911. The fourth-order valence-electron chi connectivity index (χ4n) is 6.04. The third-order valence-electron chi connectivity index (χ3n) is 7.85. The first-order chi connectivity index (χ1) is 17.8. The van der Waals surface area contributed by atoms with Crippen LogP contribution in [0.5, 0.6) is 0 Å². The van der Waals surface area contributed by atoms with Crippen LogP contribution in [0.3, 0.4) is 0 Å². The monoisotopic (exact) mass is 495 g/mol. The summed E-state index contributed by atoms with van der Waals surface area (Å²) in [4.78, 5) is 16.5. The number of nitrogens with zero attached hydrogens (tertiary/aromatic N) is 6. The number of hydrogen-bond acceptors (Lipinski definition) is 8. The van der Waals surface area contributed by atoms with Crippen molar-refractivity contribution in [3.63, 3.8) is 0 Å². The van der Waals surface area contributed by atoms with Crippen LogP contribution in [0, 0.1) is 11.3 Å². The lowest BCUT2D eigenvalue weighted by Gasteiger charge is -2.46. The van der Waals surface area contributed by atoms with E-state index in [1.807, 2.05) is 26.2 Å². The number of hydrogen-bond donors (Lipinski definition) is 1. The molecule has 2 aromatic heterocycles. The molecule has 8 nitrogen and oxygen atoms in total. The zero-order valence-electron chi connectivity index (χ0n) is 21.9.